The predicted molar refractivity (Wildman–Crippen MR) is 95.1 cm³/mol. The summed E-state index contributed by atoms with van der Waals surface area (Å²) >= 11 is 0. The molecule has 2 heteroatoms. The number of benzene rings is 1. The highest BCUT2D eigenvalue weighted by atomic mass is 16.5. The fourth-order valence-electron chi connectivity index (χ4n) is 2.41. The van der Waals surface area contributed by atoms with E-state index in [1.54, 1.807) is 0 Å². The molecular formula is C20H34O2. The second kappa shape index (κ2) is 12.4. The molecule has 0 atom stereocenters. The molecule has 0 radical (unpaired) electrons. The molecule has 0 N–H and O–H groups in total. The SMILES string of the molecule is CCCCCOc1cc(CCCC)cc(OCCCCC)c1. The highest BCUT2D eigenvalue weighted by molar-refractivity contribution is 5.38. The zero-order valence-electron chi connectivity index (χ0n) is 14.8. The van der Waals surface area contributed by atoms with E-state index >= 15 is 0 Å². The van der Waals surface area contributed by atoms with Gasteiger partial charge >= 0.3 is 0 Å². The molecular weight excluding hydrogens is 272 g/mol. The third-order valence-electron chi connectivity index (χ3n) is 3.79. The maximum atomic E-state index is 5.92. The molecule has 0 heterocycles. The Labute approximate surface area is 137 Å². The average molecular weight is 306 g/mol. The highest BCUT2D eigenvalue weighted by Crippen LogP contribution is 2.25. The normalized spacial score (nSPS) is 10.7. The summed E-state index contributed by atoms with van der Waals surface area (Å²) in [5.41, 5.74) is 1.33. The Morgan fingerprint density at radius 2 is 1.14 bits per heavy atom. The van der Waals surface area contributed by atoms with Crippen LogP contribution < -0.4 is 9.47 Å². The lowest BCUT2D eigenvalue weighted by molar-refractivity contribution is 0.291. The number of ether oxygens (including phenoxy) is 2. The molecule has 1 rings (SSSR count). The van der Waals surface area contributed by atoms with Gasteiger partial charge in [0, 0.05) is 6.07 Å². The van der Waals surface area contributed by atoms with Crippen LogP contribution in [0.5, 0.6) is 11.5 Å². The molecule has 22 heavy (non-hydrogen) atoms. The summed E-state index contributed by atoms with van der Waals surface area (Å²) in [6, 6.07) is 6.41. The molecule has 0 aliphatic heterocycles. The van der Waals surface area contributed by atoms with Crippen molar-refractivity contribution in [3.8, 4) is 11.5 Å². The quantitative estimate of drug-likeness (QED) is 0.406. The summed E-state index contributed by atoms with van der Waals surface area (Å²) in [6.45, 7) is 8.27. The Hall–Kier alpha value is -1.18. The lowest BCUT2D eigenvalue weighted by atomic mass is 10.1. The van der Waals surface area contributed by atoms with Gasteiger partial charge in [-0.1, -0.05) is 52.9 Å². The minimum Gasteiger partial charge on any atom is -0.493 e. The summed E-state index contributed by atoms with van der Waals surface area (Å²) in [5, 5.41) is 0. The van der Waals surface area contributed by atoms with Crippen LogP contribution in [0.15, 0.2) is 18.2 Å². The van der Waals surface area contributed by atoms with Crippen molar-refractivity contribution in [1.29, 1.82) is 0 Å². The Bertz CT molecular complexity index is 357. The molecule has 0 saturated carbocycles. The molecule has 1 aromatic rings. The van der Waals surface area contributed by atoms with Crippen LogP contribution in [-0.2, 0) is 6.42 Å². The molecule has 0 aromatic heterocycles. The van der Waals surface area contributed by atoms with Gasteiger partial charge in [0.15, 0.2) is 0 Å². The summed E-state index contributed by atoms with van der Waals surface area (Å²) in [5.74, 6) is 1.94. The first-order valence-electron chi connectivity index (χ1n) is 9.19. The standard InChI is InChI=1S/C20H34O2/c1-4-7-10-13-21-19-15-18(12-9-6-3)16-20(17-19)22-14-11-8-5-2/h15-17H,4-14H2,1-3H3. The van der Waals surface area contributed by atoms with E-state index in [4.69, 9.17) is 9.47 Å². The van der Waals surface area contributed by atoms with Gasteiger partial charge in [0.25, 0.3) is 0 Å². The van der Waals surface area contributed by atoms with Crippen molar-refractivity contribution in [1.82, 2.24) is 0 Å². The zero-order valence-corrected chi connectivity index (χ0v) is 14.8. The van der Waals surface area contributed by atoms with Gasteiger partial charge in [-0.15, -0.1) is 0 Å². The lowest BCUT2D eigenvalue weighted by Crippen LogP contribution is -2.01. The second-order valence-electron chi connectivity index (χ2n) is 6.03. The van der Waals surface area contributed by atoms with Crippen molar-refractivity contribution in [2.45, 2.75) is 78.6 Å². The summed E-state index contributed by atoms with van der Waals surface area (Å²) in [4.78, 5) is 0. The van der Waals surface area contributed by atoms with Gasteiger partial charge in [-0.05, 0) is 43.4 Å². The maximum absolute atomic E-state index is 5.92. The third-order valence-corrected chi connectivity index (χ3v) is 3.79. The van der Waals surface area contributed by atoms with Crippen molar-refractivity contribution in [3.05, 3.63) is 23.8 Å². The van der Waals surface area contributed by atoms with E-state index in [1.807, 2.05) is 6.07 Å². The predicted octanol–water partition coefficient (Wildman–Crippen LogP) is 6.17. The van der Waals surface area contributed by atoms with Crippen LogP contribution in [0, 0.1) is 0 Å². The molecule has 2 nitrogen and oxygen atoms in total. The van der Waals surface area contributed by atoms with Crippen molar-refractivity contribution in [2.75, 3.05) is 13.2 Å². The smallest absolute Gasteiger partial charge is 0.123 e. The van der Waals surface area contributed by atoms with Gasteiger partial charge in [-0.25, -0.2) is 0 Å². The van der Waals surface area contributed by atoms with E-state index in [-0.39, 0.29) is 0 Å². The fourth-order valence-corrected chi connectivity index (χ4v) is 2.41. The Morgan fingerprint density at radius 3 is 1.59 bits per heavy atom. The van der Waals surface area contributed by atoms with Crippen LogP contribution in [0.3, 0.4) is 0 Å². The van der Waals surface area contributed by atoms with Crippen molar-refractivity contribution in [2.24, 2.45) is 0 Å². The Kier molecular flexibility index (Phi) is 10.6. The third kappa shape index (κ3) is 8.31. The molecule has 1 aromatic carbocycles. The number of aryl methyl sites for hydroxylation is 1. The molecule has 0 fully saturated rings. The lowest BCUT2D eigenvalue weighted by Gasteiger charge is -2.12. The highest BCUT2D eigenvalue weighted by Gasteiger charge is 2.04. The summed E-state index contributed by atoms with van der Waals surface area (Å²) < 4.78 is 11.8. The molecule has 0 aliphatic carbocycles. The second-order valence-corrected chi connectivity index (χ2v) is 6.03. The summed E-state index contributed by atoms with van der Waals surface area (Å²) in [7, 11) is 0. The van der Waals surface area contributed by atoms with E-state index in [0.29, 0.717) is 0 Å². The first kappa shape index (κ1) is 18.9. The van der Waals surface area contributed by atoms with E-state index in [0.717, 1.165) is 44.0 Å². The van der Waals surface area contributed by atoms with Crippen molar-refractivity contribution >= 4 is 0 Å². The number of unbranched alkanes of at least 4 members (excludes halogenated alkanes) is 5. The maximum Gasteiger partial charge on any atom is 0.123 e. The Morgan fingerprint density at radius 1 is 0.636 bits per heavy atom. The molecule has 0 unspecified atom stereocenters. The molecule has 0 aliphatic rings. The number of hydrogen-bond acceptors (Lipinski definition) is 2. The van der Waals surface area contributed by atoms with E-state index in [2.05, 4.69) is 32.9 Å². The fraction of sp³-hybridized carbons (Fsp3) is 0.700. The molecule has 126 valence electrons. The minimum absolute atomic E-state index is 0.806. The topological polar surface area (TPSA) is 18.5 Å². The minimum atomic E-state index is 0.806. The Balaban J connectivity index is 2.59. The van der Waals surface area contributed by atoms with Crippen LogP contribution >= 0.6 is 0 Å². The monoisotopic (exact) mass is 306 g/mol. The summed E-state index contributed by atoms with van der Waals surface area (Å²) in [6.07, 6.45) is 10.7. The molecule has 0 saturated heterocycles. The van der Waals surface area contributed by atoms with Gasteiger partial charge in [-0.3, -0.25) is 0 Å². The molecule has 0 amide bonds. The van der Waals surface area contributed by atoms with Gasteiger partial charge in [0.1, 0.15) is 11.5 Å². The van der Waals surface area contributed by atoms with Gasteiger partial charge in [0.05, 0.1) is 13.2 Å². The van der Waals surface area contributed by atoms with Gasteiger partial charge < -0.3 is 9.47 Å². The van der Waals surface area contributed by atoms with Crippen LogP contribution in [0.25, 0.3) is 0 Å². The van der Waals surface area contributed by atoms with Crippen LogP contribution in [0.2, 0.25) is 0 Å². The molecule has 0 spiro atoms. The van der Waals surface area contributed by atoms with Crippen molar-refractivity contribution < 1.29 is 9.47 Å². The van der Waals surface area contributed by atoms with Crippen LogP contribution in [-0.4, -0.2) is 13.2 Å². The van der Waals surface area contributed by atoms with E-state index in [9.17, 15) is 0 Å². The van der Waals surface area contributed by atoms with Crippen LogP contribution in [0.1, 0.15) is 77.7 Å². The van der Waals surface area contributed by atoms with E-state index < -0.39 is 0 Å². The zero-order chi connectivity index (χ0) is 16.0. The largest absolute Gasteiger partial charge is 0.493 e. The first-order chi connectivity index (χ1) is 10.8. The average Bonchev–Trinajstić information content (AvgIpc) is 2.54. The molecule has 0 bridgehead atoms. The van der Waals surface area contributed by atoms with E-state index in [1.165, 1.54) is 44.1 Å². The van der Waals surface area contributed by atoms with Gasteiger partial charge in [0.2, 0.25) is 0 Å². The number of hydrogen-bond donors (Lipinski definition) is 0. The number of rotatable bonds is 13. The van der Waals surface area contributed by atoms with Gasteiger partial charge in [-0.2, -0.15) is 0 Å². The van der Waals surface area contributed by atoms with Crippen molar-refractivity contribution in [3.63, 3.8) is 0 Å². The first-order valence-corrected chi connectivity index (χ1v) is 9.19. The van der Waals surface area contributed by atoms with Crippen LogP contribution in [0.4, 0.5) is 0 Å².